The summed E-state index contributed by atoms with van der Waals surface area (Å²) in [6.45, 7) is 4.61. The highest BCUT2D eigenvalue weighted by atomic mass is 16.5. The van der Waals surface area contributed by atoms with E-state index in [1.165, 1.54) is 4.68 Å². The molecule has 6 heteroatoms. The summed E-state index contributed by atoms with van der Waals surface area (Å²) in [5.74, 6) is 0.778. The van der Waals surface area contributed by atoms with Crippen molar-refractivity contribution >= 4 is 5.91 Å². The first-order valence-electron chi connectivity index (χ1n) is 10.0. The van der Waals surface area contributed by atoms with Crippen molar-refractivity contribution in [2.24, 2.45) is 0 Å². The average molecular weight is 393 g/mol. The molecule has 0 spiro atoms. The van der Waals surface area contributed by atoms with Gasteiger partial charge in [0, 0.05) is 5.56 Å². The first-order chi connectivity index (χ1) is 14.2. The van der Waals surface area contributed by atoms with Crippen molar-refractivity contribution in [3.05, 3.63) is 60.2 Å². The van der Waals surface area contributed by atoms with Gasteiger partial charge in [-0.2, -0.15) is 9.67 Å². The van der Waals surface area contributed by atoms with Crippen molar-refractivity contribution in [3.63, 3.8) is 0 Å². The molecule has 0 saturated heterocycles. The monoisotopic (exact) mass is 393 g/mol. The summed E-state index contributed by atoms with van der Waals surface area (Å²) in [5, 5.41) is 4.40. The van der Waals surface area contributed by atoms with Gasteiger partial charge in [0.05, 0.1) is 19.6 Å². The predicted molar refractivity (Wildman–Crippen MR) is 113 cm³/mol. The van der Waals surface area contributed by atoms with Crippen LogP contribution in [0.25, 0.3) is 11.4 Å². The van der Waals surface area contributed by atoms with Crippen LogP contribution >= 0.6 is 0 Å². The third-order valence-corrected chi connectivity index (χ3v) is 4.78. The molecule has 1 heterocycles. The molecule has 0 aliphatic carbocycles. The molecule has 0 aliphatic rings. The van der Waals surface area contributed by atoms with Gasteiger partial charge in [0.2, 0.25) is 0 Å². The van der Waals surface area contributed by atoms with E-state index in [0.717, 1.165) is 29.7 Å². The average Bonchev–Trinajstić information content (AvgIpc) is 3.19. The first-order valence-corrected chi connectivity index (χ1v) is 10.0. The Labute approximate surface area is 171 Å². The lowest BCUT2D eigenvalue weighted by molar-refractivity contribution is 0.0858. The highest BCUT2D eigenvalue weighted by Gasteiger charge is 2.26. The third kappa shape index (κ3) is 4.83. The van der Waals surface area contributed by atoms with Crippen molar-refractivity contribution < 1.29 is 14.3 Å². The van der Waals surface area contributed by atoms with Gasteiger partial charge in [-0.3, -0.25) is 4.79 Å². The molecule has 0 aliphatic heterocycles. The van der Waals surface area contributed by atoms with Gasteiger partial charge in [0.15, 0.2) is 5.82 Å². The zero-order valence-electron chi connectivity index (χ0n) is 17.2. The van der Waals surface area contributed by atoms with Gasteiger partial charge in [-0.15, -0.1) is 5.10 Å². The van der Waals surface area contributed by atoms with Crippen LogP contribution in [0.4, 0.5) is 0 Å². The van der Waals surface area contributed by atoms with Gasteiger partial charge >= 0.3 is 6.01 Å². The van der Waals surface area contributed by atoms with Crippen molar-refractivity contribution in [1.82, 2.24) is 14.8 Å². The van der Waals surface area contributed by atoms with E-state index in [4.69, 9.17) is 9.47 Å². The van der Waals surface area contributed by atoms with E-state index in [1.807, 2.05) is 61.5 Å². The van der Waals surface area contributed by atoms with Gasteiger partial charge in [-0.1, -0.05) is 50.6 Å². The Morgan fingerprint density at radius 2 is 1.79 bits per heavy atom. The Bertz CT molecular complexity index is 920. The maximum Gasteiger partial charge on any atom is 0.336 e. The number of hydrogen-bond acceptors (Lipinski definition) is 5. The van der Waals surface area contributed by atoms with Gasteiger partial charge in [-0.05, 0) is 42.7 Å². The maximum atomic E-state index is 13.4. The number of benzene rings is 2. The van der Waals surface area contributed by atoms with Crippen LogP contribution in [0.3, 0.4) is 0 Å². The Morgan fingerprint density at radius 1 is 1.07 bits per heavy atom. The highest BCUT2D eigenvalue weighted by Crippen LogP contribution is 2.27. The molecule has 3 rings (SSSR count). The topological polar surface area (TPSA) is 66.2 Å². The number of ether oxygens (including phenoxy) is 2. The molecule has 0 radical (unpaired) electrons. The van der Waals surface area contributed by atoms with Crippen LogP contribution in [0, 0.1) is 0 Å². The normalized spacial score (nSPS) is 11.8. The summed E-state index contributed by atoms with van der Waals surface area (Å²) in [5.41, 5.74) is 1.74. The van der Waals surface area contributed by atoms with Crippen LogP contribution in [0.2, 0.25) is 0 Å². The second-order valence-electron chi connectivity index (χ2n) is 6.77. The van der Waals surface area contributed by atoms with Crippen LogP contribution in [0.5, 0.6) is 11.8 Å². The van der Waals surface area contributed by atoms with Crippen LogP contribution in [0.1, 0.15) is 49.4 Å². The van der Waals surface area contributed by atoms with Crippen molar-refractivity contribution in [2.45, 2.75) is 39.0 Å². The lowest BCUT2D eigenvalue weighted by atomic mass is 9.95. The van der Waals surface area contributed by atoms with Crippen molar-refractivity contribution in [1.29, 1.82) is 0 Å². The summed E-state index contributed by atoms with van der Waals surface area (Å²) in [7, 11) is 1.62. The lowest BCUT2D eigenvalue weighted by Crippen LogP contribution is -2.22. The van der Waals surface area contributed by atoms with Crippen LogP contribution in [0.15, 0.2) is 54.6 Å². The number of carbonyl (C=O) groups is 1. The zero-order valence-corrected chi connectivity index (χ0v) is 17.2. The fraction of sp³-hybridized carbons (Fsp3) is 0.348. The first kappa shape index (κ1) is 20.6. The van der Waals surface area contributed by atoms with Crippen molar-refractivity contribution in [3.8, 4) is 23.1 Å². The molecule has 0 saturated carbocycles. The number of hydrogen-bond donors (Lipinski definition) is 0. The van der Waals surface area contributed by atoms with Crippen LogP contribution in [-0.4, -0.2) is 34.4 Å². The Kier molecular flexibility index (Phi) is 7.00. The van der Waals surface area contributed by atoms with Crippen LogP contribution in [-0.2, 0) is 0 Å². The second-order valence-corrected chi connectivity index (χ2v) is 6.77. The number of aromatic nitrogens is 3. The highest BCUT2D eigenvalue weighted by molar-refractivity contribution is 5.88. The molecule has 1 aromatic heterocycles. The van der Waals surface area contributed by atoms with E-state index in [9.17, 15) is 4.79 Å². The minimum atomic E-state index is -0.307. The zero-order chi connectivity index (χ0) is 20.6. The van der Waals surface area contributed by atoms with Gasteiger partial charge in [0.1, 0.15) is 5.75 Å². The lowest BCUT2D eigenvalue weighted by Gasteiger charge is -2.15. The second kappa shape index (κ2) is 9.87. The standard InChI is InChI=1S/C23H27N3O3/c1-4-6-16-29-23-24-21(18-12-14-19(28-3)15-13-18)26(25-23)22(27)20(5-2)17-10-8-7-9-11-17/h7-15,20H,4-6,16H2,1-3H3. The van der Waals surface area contributed by atoms with Gasteiger partial charge in [0.25, 0.3) is 5.91 Å². The van der Waals surface area contributed by atoms with E-state index in [-0.39, 0.29) is 17.8 Å². The molecule has 0 amide bonds. The molecule has 0 fully saturated rings. The molecule has 3 aromatic rings. The number of rotatable bonds is 9. The number of nitrogens with zero attached hydrogens (tertiary/aromatic N) is 3. The van der Waals surface area contributed by atoms with Gasteiger partial charge in [-0.25, -0.2) is 0 Å². The molecule has 6 nitrogen and oxygen atoms in total. The molecule has 1 unspecified atom stereocenters. The van der Waals surface area contributed by atoms with E-state index in [1.54, 1.807) is 7.11 Å². The fourth-order valence-electron chi connectivity index (χ4n) is 3.13. The predicted octanol–water partition coefficient (Wildman–Crippen LogP) is 4.97. The molecule has 2 aromatic carbocycles. The quantitative estimate of drug-likeness (QED) is 0.480. The summed E-state index contributed by atoms with van der Waals surface area (Å²) in [6, 6.07) is 17.4. The van der Waals surface area contributed by atoms with E-state index >= 15 is 0 Å². The SMILES string of the molecule is CCCCOc1nc(-c2ccc(OC)cc2)n(C(=O)C(CC)c2ccccc2)n1. The smallest absolute Gasteiger partial charge is 0.336 e. The molecule has 1 atom stereocenters. The van der Waals surface area contributed by atoms with E-state index < -0.39 is 0 Å². The largest absolute Gasteiger partial charge is 0.497 e. The minimum absolute atomic E-state index is 0.123. The number of carbonyl (C=O) groups excluding carboxylic acids is 1. The Hall–Kier alpha value is -3.15. The van der Waals surface area contributed by atoms with Crippen LogP contribution < -0.4 is 9.47 Å². The Morgan fingerprint density at radius 3 is 2.41 bits per heavy atom. The maximum absolute atomic E-state index is 13.4. The molecule has 0 N–H and O–H groups in total. The minimum Gasteiger partial charge on any atom is -0.497 e. The molecule has 29 heavy (non-hydrogen) atoms. The van der Waals surface area contributed by atoms with E-state index in [0.29, 0.717) is 18.9 Å². The fourth-order valence-corrected chi connectivity index (χ4v) is 3.13. The van der Waals surface area contributed by atoms with Gasteiger partial charge < -0.3 is 9.47 Å². The summed E-state index contributed by atoms with van der Waals surface area (Å²) in [4.78, 5) is 17.9. The third-order valence-electron chi connectivity index (χ3n) is 4.78. The van der Waals surface area contributed by atoms with Crippen molar-refractivity contribution in [2.75, 3.05) is 13.7 Å². The molecule has 152 valence electrons. The summed E-state index contributed by atoms with van der Waals surface area (Å²) in [6.07, 6.45) is 2.58. The number of methoxy groups -OCH3 is 1. The molecular formula is C23H27N3O3. The summed E-state index contributed by atoms with van der Waals surface area (Å²) >= 11 is 0. The Balaban J connectivity index is 1.99. The van der Waals surface area contributed by atoms with E-state index in [2.05, 4.69) is 17.0 Å². The summed E-state index contributed by atoms with van der Waals surface area (Å²) < 4.78 is 12.3. The molecular weight excluding hydrogens is 366 g/mol. The molecule has 0 bridgehead atoms. The number of unbranched alkanes of at least 4 members (excludes halogenated alkanes) is 1.